The maximum absolute atomic E-state index is 11.0. The minimum absolute atomic E-state index is 0.225. The third-order valence-corrected chi connectivity index (χ3v) is 4.27. The number of amides is 1. The highest BCUT2D eigenvalue weighted by Crippen LogP contribution is 2.37. The number of fused-ring (bicyclic) bond motifs is 1. The molecule has 0 aromatic carbocycles. The molecule has 1 amide bonds. The zero-order chi connectivity index (χ0) is 14.2. The first kappa shape index (κ1) is 14.5. The molecule has 0 aromatic heterocycles. The minimum atomic E-state index is -1.24. The van der Waals surface area contributed by atoms with Crippen LogP contribution in [0.25, 0.3) is 0 Å². The predicted molar refractivity (Wildman–Crippen MR) is 67.0 cm³/mol. The zero-order valence-electron chi connectivity index (χ0n) is 10.2. The van der Waals surface area contributed by atoms with Crippen molar-refractivity contribution in [3.63, 3.8) is 0 Å². The number of nitrogens with zero attached hydrogens (tertiary/aromatic N) is 2. The fourth-order valence-corrected chi connectivity index (χ4v) is 3.33. The Morgan fingerprint density at radius 1 is 1.47 bits per heavy atom. The van der Waals surface area contributed by atoms with E-state index < -0.39 is 42.5 Å². The van der Waals surface area contributed by atoms with Crippen molar-refractivity contribution >= 4 is 23.0 Å². The molecule has 2 heterocycles. The van der Waals surface area contributed by atoms with Crippen LogP contribution in [0.3, 0.4) is 0 Å². The van der Waals surface area contributed by atoms with Crippen LogP contribution in [0.2, 0.25) is 0 Å². The van der Waals surface area contributed by atoms with Crippen molar-refractivity contribution in [1.29, 1.82) is 0 Å². The van der Waals surface area contributed by atoms with E-state index >= 15 is 0 Å². The number of aliphatic hydroxyl groups excluding tert-OH is 3. The molecule has 0 saturated carbocycles. The Morgan fingerprint density at radius 3 is 2.68 bits per heavy atom. The number of carbonyl (C=O) groups is 1. The Kier molecular flexibility index (Phi) is 4.31. The number of carboxylic acid groups (broad SMARTS) is 1. The van der Waals surface area contributed by atoms with Gasteiger partial charge in [-0.15, -0.1) is 0 Å². The van der Waals surface area contributed by atoms with Gasteiger partial charge in [0.1, 0.15) is 29.8 Å². The van der Waals surface area contributed by atoms with Crippen LogP contribution in [0.1, 0.15) is 6.92 Å². The molecule has 0 aromatic rings. The average Bonchev–Trinajstić information content (AvgIpc) is 2.78. The smallest absolute Gasteiger partial charge is 0.413 e. The van der Waals surface area contributed by atoms with E-state index in [2.05, 4.69) is 4.99 Å². The quantitative estimate of drug-likeness (QED) is 0.509. The number of thioether (sulfide) groups is 1. The van der Waals surface area contributed by atoms with Gasteiger partial charge in [-0.1, -0.05) is 11.8 Å². The van der Waals surface area contributed by atoms with Gasteiger partial charge in [0.2, 0.25) is 0 Å². The molecular formula is C10H16N2O6S. The summed E-state index contributed by atoms with van der Waals surface area (Å²) in [7, 11) is 0. The monoisotopic (exact) mass is 292 g/mol. The van der Waals surface area contributed by atoms with Crippen LogP contribution >= 0.6 is 11.8 Å². The summed E-state index contributed by atoms with van der Waals surface area (Å²) >= 11 is 1.07. The molecule has 2 rings (SSSR count). The van der Waals surface area contributed by atoms with Crippen LogP contribution in [0.5, 0.6) is 0 Å². The van der Waals surface area contributed by atoms with Crippen molar-refractivity contribution in [1.82, 2.24) is 4.90 Å². The molecule has 2 aliphatic rings. The number of hydrogen-bond acceptors (Lipinski definition) is 7. The van der Waals surface area contributed by atoms with Gasteiger partial charge in [-0.25, -0.2) is 4.79 Å². The van der Waals surface area contributed by atoms with Crippen molar-refractivity contribution in [3.8, 4) is 0 Å². The fourth-order valence-electron chi connectivity index (χ4n) is 2.05. The summed E-state index contributed by atoms with van der Waals surface area (Å²) in [5.41, 5.74) is -0.598. The molecule has 0 radical (unpaired) electrons. The number of rotatable bonds is 2. The summed E-state index contributed by atoms with van der Waals surface area (Å²) in [6.45, 7) is 1.47. The second-order valence-electron chi connectivity index (χ2n) is 4.25. The van der Waals surface area contributed by atoms with E-state index in [1.807, 2.05) is 0 Å². The Hall–Kier alpha value is -0.870. The van der Waals surface area contributed by atoms with E-state index in [1.54, 1.807) is 6.92 Å². The second kappa shape index (κ2) is 5.63. The molecule has 8 nitrogen and oxygen atoms in total. The zero-order valence-corrected chi connectivity index (χ0v) is 11.0. The van der Waals surface area contributed by atoms with Crippen molar-refractivity contribution < 1.29 is 30.0 Å². The molecule has 0 aliphatic carbocycles. The first-order chi connectivity index (χ1) is 8.99. The summed E-state index contributed by atoms with van der Waals surface area (Å²) in [4.78, 5) is 16.2. The lowest BCUT2D eigenvalue weighted by atomic mass is 9.99. The lowest BCUT2D eigenvalue weighted by Gasteiger charge is -2.37. The van der Waals surface area contributed by atoms with Crippen molar-refractivity contribution in [3.05, 3.63) is 0 Å². The van der Waals surface area contributed by atoms with Crippen LogP contribution in [0.15, 0.2) is 4.99 Å². The van der Waals surface area contributed by atoms with Crippen LogP contribution in [-0.4, -0.2) is 79.5 Å². The van der Waals surface area contributed by atoms with Gasteiger partial charge in [0, 0.05) is 6.54 Å². The molecule has 9 heteroatoms. The molecule has 108 valence electrons. The Labute approximate surface area is 113 Å². The predicted octanol–water partition coefficient (Wildman–Crippen LogP) is -1.10. The van der Waals surface area contributed by atoms with Crippen molar-refractivity contribution in [2.75, 3.05) is 13.2 Å². The topological polar surface area (TPSA) is 123 Å². The Bertz CT molecular complexity index is 392. The van der Waals surface area contributed by atoms with Crippen LogP contribution < -0.4 is 0 Å². The van der Waals surface area contributed by atoms with Gasteiger partial charge in [0.05, 0.1) is 6.61 Å². The third kappa shape index (κ3) is 2.56. The van der Waals surface area contributed by atoms with Crippen LogP contribution in [-0.2, 0) is 4.74 Å². The summed E-state index contributed by atoms with van der Waals surface area (Å²) < 4.78 is 5.42. The number of aliphatic imine (C=N–C) groups is 1. The van der Waals surface area contributed by atoms with Gasteiger partial charge in [0.25, 0.3) is 0 Å². The molecular weight excluding hydrogens is 276 g/mol. The van der Waals surface area contributed by atoms with Crippen LogP contribution in [0, 0.1) is 0 Å². The van der Waals surface area contributed by atoms with Crippen molar-refractivity contribution in [2.24, 2.45) is 4.99 Å². The fraction of sp³-hybridized carbons (Fsp3) is 0.800. The number of aliphatic hydroxyl groups is 3. The summed E-state index contributed by atoms with van der Waals surface area (Å²) in [5.74, 6) is 0. The minimum Gasteiger partial charge on any atom is -0.465 e. The molecule has 5 atom stereocenters. The average molecular weight is 292 g/mol. The Balaban J connectivity index is 2.17. The van der Waals surface area contributed by atoms with E-state index in [9.17, 15) is 15.0 Å². The largest absolute Gasteiger partial charge is 0.465 e. The van der Waals surface area contributed by atoms with Gasteiger partial charge in [-0.3, -0.25) is 9.89 Å². The first-order valence-corrected chi connectivity index (χ1v) is 6.75. The molecule has 0 bridgehead atoms. The Morgan fingerprint density at radius 2 is 2.16 bits per heavy atom. The molecule has 1 saturated heterocycles. The molecule has 0 spiro atoms. The number of hydrogen-bond donors (Lipinski definition) is 4. The SMILES string of the molecule is CCN(C(=O)O)C1=N[C@@H]2[C@@H](O)[C@H](O)[C@@H](CO)O[C@@H]2S1. The lowest BCUT2D eigenvalue weighted by molar-refractivity contribution is -0.164. The molecule has 4 N–H and O–H groups in total. The van der Waals surface area contributed by atoms with Gasteiger partial charge in [-0.05, 0) is 6.92 Å². The van der Waals surface area contributed by atoms with E-state index in [1.165, 1.54) is 0 Å². The van der Waals surface area contributed by atoms with Crippen LogP contribution in [0.4, 0.5) is 4.79 Å². The highest BCUT2D eigenvalue weighted by atomic mass is 32.2. The first-order valence-electron chi connectivity index (χ1n) is 5.87. The normalized spacial score (nSPS) is 37.7. The van der Waals surface area contributed by atoms with Gasteiger partial charge < -0.3 is 25.2 Å². The standard InChI is InChI=1S/C10H16N2O6S/c1-2-12(10(16)17)9-11-5-7(15)6(14)4(3-13)18-8(5)19-9/h4-8,13-15H,2-3H2,1H3,(H,16,17)/t4-,5-,6-,7-,8-/m1/s1. The van der Waals surface area contributed by atoms with E-state index in [4.69, 9.17) is 14.9 Å². The van der Waals surface area contributed by atoms with Gasteiger partial charge in [0.15, 0.2) is 5.17 Å². The summed E-state index contributed by atoms with van der Waals surface area (Å²) in [5, 5.41) is 38.0. The third-order valence-electron chi connectivity index (χ3n) is 3.11. The molecule has 0 unspecified atom stereocenters. The van der Waals surface area contributed by atoms with E-state index in [-0.39, 0.29) is 11.7 Å². The summed E-state index contributed by atoms with van der Waals surface area (Å²) in [6, 6.07) is -0.730. The molecule has 2 aliphatic heterocycles. The number of ether oxygens (including phenoxy) is 1. The van der Waals surface area contributed by atoms with Gasteiger partial charge >= 0.3 is 6.09 Å². The highest BCUT2D eigenvalue weighted by molar-refractivity contribution is 8.14. The van der Waals surface area contributed by atoms with E-state index in [0.717, 1.165) is 16.7 Å². The number of amidine groups is 1. The summed E-state index contributed by atoms with van der Waals surface area (Å²) in [6.07, 6.45) is -4.46. The van der Waals surface area contributed by atoms with Gasteiger partial charge in [-0.2, -0.15) is 0 Å². The second-order valence-corrected chi connectivity index (χ2v) is 5.32. The van der Waals surface area contributed by atoms with E-state index in [0.29, 0.717) is 0 Å². The van der Waals surface area contributed by atoms with Crippen molar-refractivity contribution in [2.45, 2.75) is 36.7 Å². The lowest BCUT2D eigenvalue weighted by Crippen LogP contribution is -2.55. The molecule has 19 heavy (non-hydrogen) atoms. The maximum atomic E-state index is 11.0. The molecule has 1 fully saturated rings. The highest BCUT2D eigenvalue weighted by Gasteiger charge is 2.49. The maximum Gasteiger partial charge on any atom is 0.413 e.